The Bertz CT molecular complexity index is 1580. The minimum Gasteiger partial charge on any atom is -0.452 e. The number of nitrogens with one attached hydrogen (secondary N) is 1. The Balaban J connectivity index is 1.16. The summed E-state index contributed by atoms with van der Waals surface area (Å²) in [6.07, 6.45) is 3.64. The van der Waals surface area contributed by atoms with Gasteiger partial charge in [-0.05, 0) is 42.2 Å². The van der Waals surface area contributed by atoms with E-state index in [0.29, 0.717) is 18.2 Å². The number of esters is 1. The molecule has 1 amide bonds. The molecule has 5 rings (SSSR count). The Morgan fingerprint density at radius 3 is 2.25 bits per heavy atom. The van der Waals surface area contributed by atoms with Crippen molar-refractivity contribution in [1.29, 1.82) is 0 Å². The van der Waals surface area contributed by atoms with Gasteiger partial charge < -0.3 is 4.74 Å². The smallest absolute Gasteiger partial charge is 0.338 e. The quantitative estimate of drug-likeness (QED) is 0.265. The molecule has 0 spiro atoms. The average Bonchev–Trinajstić information content (AvgIpc) is 3.26. The van der Waals surface area contributed by atoms with Crippen LogP contribution in [0, 0.1) is 0 Å². The van der Waals surface area contributed by atoms with Crippen LogP contribution in [0.3, 0.4) is 0 Å². The van der Waals surface area contributed by atoms with E-state index < -0.39 is 28.5 Å². The van der Waals surface area contributed by atoms with Crippen molar-refractivity contribution in [3.63, 3.8) is 0 Å². The van der Waals surface area contributed by atoms with E-state index in [1.54, 1.807) is 0 Å². The van der Waals surface area contributed by atoms with E-state index in [2.05, 4.69) is 10.3 Å². The van der Waals surface area contributed by atoms with Crippen LogP contribution in [-0.2, 0) is 19.6 Å². The Labute approximate surface area is 237 Å². The van der Waals surface area contributed by atoms with E-state index in [1.165, 1.54) is 39.9 Å². The van der Waals surface area contributed by atoms with Crippen molar-refractivity contribution in [2.24, 2.45) is 0 Å². The lowest BCUT2D eigenvalue weighted by atomic mass is 10.0. The van der Waals surface area contributed by atoms with Gasteiger partial charge in [0, 0.05) is 24.0 Å². The molecule has 2 heterocycles. The fourth-order valence-electron chi connectivity index (χ4n) is 4.51. The van der Waals surface area contributed by atoms with E-state index in [0.717, 1.165) is 48.1 Å². The van der Waals surface area contributed by atoms with E-state index >= 15 is 0 Å². The number of aromatic nitrogens is 1. The first kappa shape index (κ1) is 27.7. The number of thiazole rings is 1. The van der Waals surface area contributed by atoms with Crippen molar-refractivity contribution >= 4 is 38.4 Å². The number of amides is 1. The van der Waals surface area contributed by atoms with Crippen LogP contribution in [0.4, 0.5) is 5.13 Å². The molecule has 0 atom stereocenters. The van der Waals surface area contributed by atoms with Gasteiger partial charge in [0.05, 0.1) is 16.2 Å². The molecule has 3 aromatic carbocycles. The third-order valence-corrected chi connectivity index (χ3v) is 9.30. The highest BCUT2D eigenvalue weighted by Crippen LogP contribution is 2.28. The summed E-state index contributed by atoms with van der Waals surface area (Å²) in [6.45, 7) is 0.409. The van der Waals surface area contributed by atoms with Crippen LogP contribution in [0.15, 0.2) is 89.1 Å². The van der Waals surface area contributed by atoms with Gasteiger partial charge >= 0.3 is 5.97 Å². The number of anilines is 1. The van der Waals surface area contributed by atoms with Gasteiger partial charge in [0.1, 0.15) is 0 Å². The van der Waals surface area contributed by atoms with Gasteiger partial charge in [0.2, 0.25) is 10.0 Å². The second kappa shape index (κ2) is 12.5. The molecule has 8 nitrogen and oxygen atoms in total. The number of hydrogen-bond donors (Lipinski definition) is 1. The summed E-state index contributed by atoms with van der Waals surface area (Å²) >= 11 is 1.27. The van der Waals surface area contributed by atoms with Gasteiger partial charge in [0.25, 0.3) is 5.91 Å². The Hall–Kier alpha value is -3.86. The van der Waals surface area contributed by atoms with Crippen molar-refractivity contribution < 1.29 is 22.7 Å². The predicted molar refractivity (Wildman–Crippen MR) is 156 cm³/mol. The maximum Gasteiger partial charge on any atom is 0.338 e. The fourth-order valence-corrected chi connectivity index (χ4v) is 6.81. The number of sulfonamides is 1. The Kier molecular flexibility index (Phi) is 8.69. The van der Waals surface area contributed by atoms with Gasteiger partial charge in [-0.1, -0.05) is 73.5 Å². The molecule has 0 bridgehead atoms. The minimum absolute atomic E-state index is 0.0421. The second-order valence-electron chi connectivity index (χ2n) is 9.45. The molecule has 1 fully saturated rings. The van der Waals surface area contributed by atoms with Gasteiger partial charge in [-0.3, -0.25) is 10.1 Å². The van der Waals surface area contributed by atoms with Crippen molar-refractivity contribution in [2.75, 3.05) is 25.0 Å². The summed E-state index contributed by atoms with van der Waals surface area (Å²) in [4.78, 5) is 29.6. The van der Waals surface area contributed by atoms with Gasteiger partial charge in [-0.2, -0.15) is 4.31 Å². The summed E-state index contributed by atoms with van der Waals surface area (Å²) in [5, 5.41) is 4.88. The molecular weight excluding hydrogens is 546 g/mol. The first-order valence-corrected chi connectivity index (χ1v) is 15.4. The molecule has 10 heteroatoms. The SMILES string of the molecule is O=C(COC(=O)c1cccc(S(=O)(=O)N2CCCCCC2)c1)Nc1nc(-c2ccc(-c3ccccc3)cc2)cs1. The van der Waals surface area contributed by atoms with Crippen molar-refractivity contribution in [1.82, 2.24) is 9.29 Å². The molecule has 1 aliphatic rings. The molecule has 0 aliphatic carbocycles. The number of rotatable bonds is 8. The standard InChI is InChI=1S/C30H29N3O5S2/c34-28(32-30-31-27(21-39-30)24-15-13-23(14-16-24)22-9-4-3-5-10-22)20-38-29(35)25-11-8-12-26(19-25)40(36,37)33-17-6-1-2-7-18-33/h3-5,8-16,19,21H,1-2,6-7,17-18,20H2,(H,31,32,34). The first-order chi connectivity index (χ1) is 19.4. The van der Waals surface area contributed by atoms with Crippen molar-refractivity contribution in [2.45, 2.75) is 30.6 Å². The molecule has 1 aliphatic heterocycles. The van der Waals surface area contributed by atoms with Gasteiger partial charge in [-0.25, -0.2) is 18.2 Å². The minimum atomic E-state index is -3.71. The molecule has 4 aromatic rings. The Morgan fingerprint density at radius 2 is 1.52 bits per heavy atom. The largest absolute Gasteiger partial charge is 0.452 e. The summed E-state index contributed by atoms with van der Waals surface area (Å²) in [5.41, 5.74) is 3.93. The maximum atomic E-state index is 13.1. The number of hydrogen-bond acceptors (Lipinski definition) is 7. The summed E-state index contributed by atoms with van der Waals surface area (Å²) < 4.78 is 32.8. The maximum absolute atomic E-state index is 13.1. The van der Waals surface area contributed by atoms with Crippen LogP contribution in [0.2, 0.25) is 0 Å². The van der Waals surface area contributed by atoms with Crippen LogP contribution in [0.1, 0.15) is 36.0 Å². The lowest BCUT2D eigenvalue weighted by Crippen LogP contribution is -2.32. The van der Waals surface area contributed by atoms with E-state index in [1.807, 2.05) is 60.0 Å². The van der Waals surface area contributed by atoms with Crippen LogP contribution in [0.25, 0.3) is 22.4 Å². The highest BCUT2D eigenvalue weighted by molar-refractivity contribution is 7.89. The molecule has 40 heavy (non-hydrogen) atoms. The zero-order valence-corrected chi connectivity index (χ0v) is 23.4. The number of benzene rings is 3. The average molecular weight is 576 g/mol. The monoisotopic (exact) mass is 575 g/mol. The number of nitrogens with zero attached hydrogens (tertiary/aromatic N) is 2. The van der Waals surface area contributed by atoms with Crippen LogP contribution >= 0.6 is 11.3 Å². The molecule has 1 saturated heterocycles. The number of carbonyl (C=O) groups is 2. The van der Waals surface area contributed by atoms with Gasteiger partial charge in [0.15, 0.2) is 11.7 Å². The zero-order valence-electron chi connectivity index (χ0n) is 21.8. The number of carbonyl (C=O) groups excluding carboxylic acids is 2. The molecular formula is C30H29N3O5S2. The highest BCUT2D eigenvalue weighted by Gasteiger charge is 2.26. The molecule has 0 radical (unpaired) electrons. The highest BCUT2D eigenvalue weighted by atomic mass is 32.2. The predicted octanol–water partition coefficient (Wildman–Crippen LogP) is 5.84. The summed E-state index contributed by atoms with van der Waals surface area (Å²) in [5.74, 6) is -1.32. The van der Waals surface area contributed by atoms with E-state index in [4.69, 9.17) is 4.74 Å². The third kappa shape index (κ3) is 6.64. The fraction of sp³-hybridized carbons (Fsp3) is 0.233. The van der Waals surface area contributed by atoms with E-state index in [9.17, 15) is 18.0 Å². The molecule has 206 valence electrons. The zero-order chi connectivity index (χ0) is 28.0. The second-order valence-corrected chi connectivity index (χ2v) is 12.2. The van der Waals surface area contributed by atoms with Crippen LogP contribution in [0.5, 0.6) is 0 Å². The van der Waals surface area contributed by atoms with Crippen LogP contribution in [-0.4, -0.2) is 49.3 Å². The van der Waals surface area contributed by atoms with Gasteiger partial charge in [-0.15, -0.1) is 11.3 Å². The molecule has 0 saturated carbocycles. The molecule has 1 N–H and O–H groups in total. The number of ether oxygens (including phenoxy) is 1. The molecule has 1 aromatic heterocycles. The van der Waals surface area contributed by atoms with Crippen LogP contribution < -0.4 is 5.32 Å². The summed E-state index contributed by atoms with van der Waals surface area (Å²) in [6, 6.07) is 23.8. The van der Waals surface area contributed by atoms with Crippen molar-refractivity contribution in [3.05, 3.63) is 89.8 Å². The first-order valence-electron chi connectivity index (χ1n) is 13.1. The third-order valence-electron chi connectivity index (χ3n) is 6.65. The lowest BCUT2D eigenvalue weighted by Gasteiger charge is -2.20. The normalized spacial score (nSPS) is 14.3. The molecule has 0 unspecified atom stereocenters. The topological polar surface area (TPSA) is 106 Å². The van der Waals surface area contributed by atoms with Crippen molar-refractivity contribution in [3.8, 4) is 22.4 Å². The Morgan fingerprint density at radius 1 is 0.850 bits per heavy atom. The summed E-state index contributed by atoms with van der Waals surface area (Å²) in [7, 11) is -3.71. The lowest BCUT2D eigenvalue weighted by molar-refractivity contribution is -0.119. The van der Waals surface area contributed by atoms with E-state index in [-0.39, 0.29) is 10.5 Å².